The highest BCUT2D eigenvalue weighted by Gasteiger charge is 2.16. The number of methoxy groups -OCH3 is 1. The number of aromatic nitrogens is 1. The van der Waals surface area contributed by atoms with Crippen LogP contribution >= 0.6 is 34.8 Å². The van der Waals surface area contributed by atoms with Crippen molar-refractivity contribution in [2.45, 2.75) is 0 Å². The van der Waals surface area contributed by atoms with E-state index in [9.17, 15) is 4.79 Å². The van der Waals surface area contributed by atoms with E-state index in [1.165, 1.54) is 13.2 Å². The Hall–Kier alpha value is -1.75. The van der Waals surface area contributed by atoms with Gasteiger partial charge >= 0.3 is 5.97 Å². The van der Waals surface area contributed by atoms with Gasteiger partial charge in [-0.05, 0) is 30.3 Å². The molecule has 0 amide bonds. The van der Waals surface area contributed by atoms with Gasteiger partial charge in [-0.3, -0.25) is 0 Å². The highest BCUT2D eigenvalue weighted by molar-refractivity contribution is 6.44. The lowest BCUT2D eigenvalue weighted by atomic mass is 10.2. The number of hydrogen-bond acceptors (Lipinski definition) is 4. The number of rotatable bonds is 2. The Kier molecular flexibility index (Phi) is 4.00. The summed E-state index contributed by atoms with van der Waals surface area (Å²) in [5.74, 6) is -0.179. The van der Waals surface area contributed by atoms with Crippen molar-refractivity contribution in [2.75, 3.05) is 7.11 Å². The maximum absolute atomic E-state index is 11.5. The molecule has 0 aliphatic heterocycles. The Labute approximate surface area is 140 Å². The molecule has 3 aromatic rings. The summed E-state index contributed by atoms with van der Waals surface area (Å²) in [4.78, 5) is 15.9. The molecule has 0 fully saturated rings. The summed E-state index contributed by atoms with van der Waals surface area (Å²) in [7, 11) is 1.31. The van der Waals surface area contributed by atoms with Crippen LogP contribution in [0, 0.1) is 0 Å². The molecule has 0 saturated carbocycles. The summed E-state index contributed by atoms with van der Waals surface area (Å²) >= 11 is 18.2. The number of carbonyl (C=O) groups is 1. The van der Waals surface area contributed by atoms with Gasteiger partial charge in [-0.15, -0.1) is 0 Å². The summed E-state index contributed by atoms with van der Waals surface area (Å²) in [6, 6.07) is 7.96. The Morgan fingerprint density at radius 3 is 2.68 bits per heavy atom. The summed E-state index contributed by atoms with van der Waals surface area (Å²) in [6.45, 7) is 0. The fraction of sp³-hybridized carbons (Fsp3) is 0.0667. The lowest BCUT2D eigenvalue weighted by Crippen LogP contribution is -2.00. The SMILES string of the molecule is COC(=O)c1ccc2oc(-c3cc(Cl)cc(Cl)c3Cl)nc2c1. The zero-order valence-corrected chi connectivity index (χ0v) is 13.5. The molecule has 2 aromatic carbocycles. The number of benzene rings is 2. The number of oxazole rings is 1. The number of ether oxygens (including phenoxy) is 1. The number of esters is 1. The van der Waals surface area contributed by atoms with Crippen molar-refractivity contribution in [1.29, 1.82) is 0 Å². The maximum Gasteiger partial charge on any atom is 0.337 e. The fourth-order valence-electron chi connectivity index (χ4n) is 2.00. The lowest BCUT2D eigenvalue weighted by molar-refractivity contribution is 0.0601. The van der Waals surface area contributed by atoms with E-state index in [2.05, 4.69) is 9.72 Å². The Balaban J connectivity index is 2.15. The quantitative estimate of drug-likeness (QED) is 0.465. The molecule has 1 aromatic heterocycles. The van der Waals surface area contributed by atoms with Crippen molar-refractivity contribution < 1.29 is 13.9 Å². The number of halogens is 3. The van der Waals surface area contributed by atoms with Gasteiger partial charge < -0.3 is 9.15 Å². The molecule has 7 heteroatoms. The average Bonchev–Trinajstić information content (AvgIpc) is 2.92. The number of nitrogens with zero attached hydrogens (tertiary/aromatic N) is 1. The van der Waals surface area contributed by atoms with E-state index >= 15 is 0 Å². The molecule has 0 unspecified atom stereocenters. The van der Waals surface area contributed by atoms with Gasteiger partial charge in [0, 0.05) is 5.02 Å². The molecule has 0 saturated heterocycles. The van der Waals surface area contributed by atoms with Crippen LogP contribution in [0.1, 0.15) is 10.4 Å². The van der Waals surface area contributed by atoms with Crippen LogP contribution < -0.4 is 0 Å². The summed E-state index contributed by atoms with van der Waals surface area (Å²) in [5, 5.41) is 1.02. The molecule has 0 spiro atoms. The molecular formula is C15H8Cl3NO3. The largest absolute Gasteiger partial charge is 0.465 e. The van der Waals surface area contributed by atoms with Crippen LogP contribution in [0.5, 0.6) is 0 Å². The van der Waals surface area contributed by atoms with Crippen LogP contribution in [-0.2, 0) is 4.74 Å². The molecule has 22 heavy (non-hydrogen) atoms. The molecule has 0 aliphatic carbocycles. The zero-order chi connectivity index (χ0) is 15.9. The first-order valence-corrected chi connectivity index (χ1v) is 7.27. The predicted molar refractivity (Wildman–Crippen MR) is 85.8 cm³/mol. The Morgan fingerprint density at radius 1 is 1.18 bits per heavy atom. The molecule has 0 radical (unpaired) electrons. The van der Waals surface area contributed by atoms with Crippen LogP contribution in [0.3, 0.4) is 0 Å². The number of fused-ring (bicyclic) bond motifs is 1. The summed E-state index contributed by atoms with van der Waals surface area (Å²) < 4.78 is 10.3. The molecule has 112 valence electrons. The standard InChI is InChI=1S/C15H8Cl3NO3/c1-21-15(20)7-2-3-12-11(4-7)19-14(22-12)9-5-8(16)6-10(17)13(9)18/h2-6H,1H3. The van der Waals surface area contributed by atoms with E-state index in [1.807, 2.05) is 0 Å². The van der Waals surface area contributed by atoms with Crippen LogP contribution in [0.2, 0.25) is 15.1 Å². The van der Waals surface area contributed by atoms with Crippen LogP contribution in [-0.4, -0.2) is 18.1 Å². The molecule has 0 bridgehead atoms. The lowest BCUT2D eigenvalue weighted by Gasteiger charge is -2.02. The smallest absolute Gasteiger partial charge is 0.337 e. The molecule has 0 N–H and O–H groups in total. The Bertz CT molecular complexity index is 889. The Morgan fingerprint density at radius 2 is 1.95 bits per heavy atom. The van der Waals surface area contributed by atoms with Crippen molar-refractivity contribution >= 4 is 51.9 Å². The topological polar surface area (TPSA) is 52.3 Å². The van der Waals surface area contributed by atoms with Gasteiger partial charge in [0.25, 0.3) is 0 Å². The normalized spacial score (nSPS) is 10.9. The van der Waals surface area contributed by atoms with Gasteiger partial charge in [0.05, 0.1) is 28.3 Å². The van der Waals surface area contributed by atoms with E-state index in [1.54, 1.807) is 24.3 Å². The first-order valence-electron chi connectivity index (χ1n) is 6.13. The molecule has 0 atom stereocenters. The number of carbonyl (C=O) groups excluding carboxylic acids is 1. The second-order valence-electron chi connectivity index (χ2n) is 4.44. The second kappa shape index (κ2) is 5.80. The summed E-state index contributed by atoms with van der Waals surface area (Å²) in [6.07, 6.45) is 0. The average molecular weight is 357 g/mol. The van der Waals surface area contributed by atoms with Gasteiger partial charge in [-0.25, -0.2) is 9.78 Å². The monoisotopic (exact) mass is 355 g/mol. The first-order chi connectivity index (χ1) is 10.5. The predicted octanol–water partition coefficient (Wildman–Crippen LogP) is 5.24. The minimum Gasteiger partial charge on any atom is -0.465 e. The zero-order valence-electron chi connectivity index (χ0n) is 11.2. The van der Waals surface area contributed by atoms with Gasteiger partial charge in [0.15, 0.2) is 5.58 Å². The molecule has 3 rings (SSSR count). The van der Waals surface area contributed by atoms with Gasteiger partial charge in [-0.2, -0.15) is 0 Å². The van der Waals surface area contributed by atoms with Crippen LogP contribution in [0.25, 0.3) is 22.6 Å². The van der Waals surface area contributed by atoms with Crippen LogP contribution in [0.4, 0.5) is 0 Å². The third-order valence-electron chi connectivity index (χ3n) is 3.03. The van der Waals surface area contributed by atoms with Crippen molar-refractivity contribution in [3.05, 3.63) is 51.0 Å². The minimum atomic E-state index is -0.449. The van der Waals surface area contributed by atoms with Gasteiger partial charge in [0.2, 0.25) is 5.89 Å². The molecule has 1 heterocycles. The molecule has 0 aliphatic rings. The third-order valence-corrected chi connectivity index (χ3v) is 4.05. The van der Waals surface area contributed by atoms with E-state index < -0.39 is 5.97 Å². The van der Waals surface area contributed by atoms with Crippen molar-refractivity contribution in [3.63, 3.8) is 0 Å². The van der Waals surface area contributed by atoms with E-state index in [4.69, 9.17) is 39.2 Å². The first kappa shape index (κ1) is 15.2. The number of hydrogen-bond donors (Lipinski definition) is 0. The van der Waals surface area contributed by atoms with Crippen molar-refractivity contribution in [2.24, 2.45) is 0 Å². The molecular weight excluding hydrogens is 349 g/mol. The summed E-state index contributed by atoms with van der Waals surface area (Å²) in [5.41, 5.74) is 1.87. The van der Waals surface area contributed by atoms with Crippen molar-refractivity contribution in [3.8, 4) is 11.5 Å². The second-order valence-corrected chi connectivity index (χ2v) is 5.66. The van der Waals surface area contributed by atoms with E-state index in [-0.39, 0.29) is 5.89 Å². The maximum atomic E-state index is 11.5. The molecule has 4 nitrogen and oxygen atoms in total. The highest BCUT2D eigenvalue weighted by Crippen LogP contribution is 2.37. The minimum absolute atomic E-state index is 0.270. The fourth-order valence-corrected chi connectivity index (χ4v) is 2.68. The van der Waals surface area contributed by atoms with Crippen LogP contribution in [0.15, 0.2) is 34.7 Å². The van der Waals surface area contributed by atoms with Gasteiger partial charge in [0.1, 0.15) is 5.52 Å². The highest BCUT2D eigenvalue weighted by atomic mass is 35.5. The van der Waals surface area contributed by atoms with E-state index in [0.717, 1.165) is 0 Å². The third kappa shape index (κ3) is 2.65. The van der Waals surface area contributed by atoms with Gasteiger partial charge in [-0.1, -0.05) is 34.8 Å². The van der Waals surface area contributed by atoms with Crippen molar-refractivity contribution in [1.82, 2.24) is 4.98 Å². The van der Waals surface area contributed by atoms with E-state index in [0.29, 0.717) is 37.3 Å².